The molecule has 0 fully saturated rings. The number of nitrogens with one attached hydrogen (secondary N) is 1. The minimum atomic E-state index is -0.977. The van der Waals surface area contributed by atoms with Gasteiger partial charge in [0.1, 0.15) is 10.9 Å². The van der Waals surface area contributed by atoms with Crippen molar-refractivity contribution in [3.63, 3.8) is 0 Å². The van der Waals surface area contributed by atoms with Crippen molar-refractivity contribution in [1.29, 1.82) is 0 Å². The lowest BCUT2D eigenvalue weighted by atomic mass is 10.0. The van der Waals surface area contributed by atoms with E-state index in [9.17, 15) is 14.4 Å². The topological polar surface area (TPSA) is 97.9 Å². The number of nitrogens with two attached hydrogens (primary N) is 1. The number of primary amides is 1. The highest BCUT2D eigenvalue weighted by Gasteiger charge is 2.23. The molecule has 2 aromatic heterocycles. The molecule has 3 N–H and O–H groups in total. The molecular weight excluding hydrogens is 362 g/mol. The number of H-pyrrole nitrogens is 1. The number of thiophene rings is 1. The van der Waals surface area contributed by atoms with Crippen molar-refractivity contribution < 1.29 is 4.79 Å². The fourth-order valence-electron chi connectivity index (χ4n) is 3.40. The van der Waals surface area contributed by atoms with Gasteiger partial charge in [-0.05, 0) is 28.8 Å². The number of aromatic amines is 1. The maximum absolute atomic E-state index is 13.1. The molecule has 4 aromatic rings. The molecule has 0 saturated carbocycles. The Kier molecular flexibility index (Phi) is 4.16. The minimum Gasteiger partial charge on any atom is -0.368 e. The number of benzene rings is 2. The van der Waals surface area contributed by atoms with Crippen LogP contribution in [0.4, 0.5) is 0 Å². The van der Waals surface area contributed by atoms with E-state index in [0.717, 1.165) is 26.5 Å². The molecule has 0 spiro atoms. The summed E-state index contributed by atoms with van der Waals surface area (Å²) in [5, 5.41) is 4.41. The largest absolute Gasteiger partial charge is 0.368 e. The standard InChI is InChI=1S/C20H17N3O3S/c1-2-15(17(21)24)23-19(25)16-14(10-27-18(16)22-20(23)26)13-8-7-11-5-3-4-6-12(11)9-13/h3-10,15H,2H2,1H3,(H2,21,24)(H,22,26). The number of hydrogen-bond acceptors (Lipinski definition) is 4. The third-order valence-corrected chi connectivity index (χ3v) is 5.65. The van der Waals surface area contributed by atoms with Crippen LogP contribution in [0.1, 0.15) is 19.4 Å². The lowest BCUT2D eigenvalue weighted by Gasteiger charge is -2.13. The van der Waals surface area contributed by atoms with Gasteiger partial charge in [0, 0.05) is 10.9 Å². The Labute approximate surface area is 157 Å². The van der Waals surface area contributed by atoms with Crippen LogP contribution in [0.5, 0.6) is 0 Å². The molecule has 6 nitrogen and oxygen atoms in total. The van der Waals surface area contributed by atoms with Gasteiger partial charge in [0.15, 0.2) is 0 Å². The third kappa shape index (κ3) is 2.76. The predicted octanol–water partition coefficient (Wildman–Crippen LogP) is 3.01. The molecule has 0 bridgehead atoms. The molecule has 0 aliphatic heterocycles. The van der Waals surface area contributed by atoms with Gasteiger partial charge in [0.2, 0.25) is 5.91 Å². The number of nitrogens with zero attached hydrogens (tertiary/aromatic N) is 1. The van der Waals surface area contributed by atoms with E-state index >= 15 is 0 Å². The zero-order valence-electron chi connectivity index (χ0n) is 14.6. The maximum atomic E-state index is 13.1. The number of carbonyl (C=O) groups is 1. The highest BCUT2D eigenvalue weighted by atomic mass is 32.1. The summed E-state index contributed by atoms with van der Waals surface area (Å²) in [7, 11) is 0. The van der Waals surface area contributed by atoms with Crippen LogP contribution in [0.25, 0.3) is 32.1 Å². The molecule has 0 aliphatic carbocycles. The van der Waals surface area contributed by atoms with E-state index in [-0.39, 0.29) is 6.42 Å². The number of hydrogen-bond donors (Lipinski definition) is 2. The molecule has 1 atom stereocenters. The average Bonchev–Trinajstić information content (AvgIpc) is 3.08. The van der Waals surface area contributed by atoms with E-state index in [1.807, 2.05) is 47.8 Å². The Morgan fingerprint density at radius 2 is 1.93 bits per heavy atom. The molecular formula is C20H17N3O3S. The second-order valence-electron chi connectivity index (χ2n) is 6.35. The summed E-state index contributed by atoms with van der Waals surface area (Å²) in [4.78, 5) is 40.4. The van der Waals surface area contributed by atoms with E-state index in [1.54, 1.807) is 6.92 Å². The van der Waals surface area contributed by atoms with Crippen molar-refractivity contribution in [1.82, 2.24) is 9.55 Å². The number of rotatable bonds is 4. The van der Waals surface area contributed by atoms with Gasteiger partial charge in [-0.1, -0.05) is 43.3 Å². The number of aromatic nitrogens is 2. The van der Waals surface area contributed by atoms with Gasteiger partial charge in [0.05, 0.1) is 5.39 Å². The zero-order valence-corrected chi connectivity index (χ0v) is 15.4. The van der Waals surface area contributed by atoms with Gasteiger partial charge in [-0.25, -0.2) is 9.36 Å². The molecule has 27 heavy (non-hydrogen) atoms. The van der Waals surface area contributed by atoms with Crippen LogP contribution >= 0.6 is 11.3 Å². The molecule has 2 aromatic carbocycles. The van der Waals surface area contributed by atoms with Crippen LogP contribution in [-0.2, 0) is 4.79 Å². The Hall–Kier alpha value is -3.19. The van der Waals surface area contributed by atoms with Crippen molar-refractivity contribution in [2.24, 2.45) is 5.73 Å². The van der Waals surface area contributed by atoms with Gasteiger partial charge in [0.25, 0.3) is 5.56 Å². The second kappa shape index (κ2) is 6.51. The van der Waals surface area contributed by atoms with Gasteiger partial charge in [-0.15, -0.1) is 11.3 Å². The molecule has 136 valence electrons. The summed E-state index contributed by atoms with van der Waals surface area (Å²) < 4.78 is 0.932. The van der Waals surface area contributed by atoms with Crippen molar-refractivity contribution in [2.45, 2.75) is 19.4 Å². The van der Waals surface area contributed by atoms with Crippen molar-refractivity contribution >= 4 is 38.2 Å². The average molecular weight is 379 g/mol. The van der Waals surface area contributed by atoms with E-state index in [2.05, 4.69) is 4.98 Å². The Bertz CT molecular complexity index is 1300. The normalized spacial score (nSPS) is 12.5. The number of carbonyl (C=O) groups excluding carboxylic acids is 1. The van der Waals surface area contributed by atoms with E-state index in [4.69, 9.17) is 5.73 Å². The van der Waals surface area contributed by atoms with Crippen LogP contribution < -0.4 is 17.0 Å². The quantitative estimate of drug-likeness (QED) is 0.570. The van der Waals surface area contributed by atoms with Gasteiger partial charge >= 0.3 is 5.69 Å². The fourth-order valence-corrected chi connectivity index (χ4v) is 4.35. The minimum absolute atomic E-state index is 0.263. The zero-order chi connectivity index (χ0) is 19.1. The first kappa shape index (κ1) is 17.2. The summed E-state index contributed by atoms with van der Waals surface area (Å²) >= 11 is 1.29. The first-order valence-corrected chi connectivity index (χ1v) is 9.43. The summed E-state index contributed by atoms with van der Waals surface area (Å²) in [6.07, 6.45) is 0.263. The summed E-state index contributed by atoms with van der Waals surface area (Å²) in [5.74, 6) is -0.702. The molecule has 0 radical (unpaired) electrons. The van der Waals surface area contributed by atoms with Gasteiger partial charge < -0.3 is 5.73 Å². The lowest BCUT2D eigenvalue weighted by molar-refractivity contribution is -0.121. The van der Waals surface area contributed by atoms with Crippen LogP contribution in [0, 0.1) is 0 Å². The number of amides is 1. The van der Waals surface area contributed by atoms with Crippen molar-refractivity contribution in [3.05, 3.63) is 68.7 Å². The Morgan fingerprint density at radius 1 is 1.19 bits per heavy atom. The fraction of sp³-hybridized carbons (Fsp3) is 0.150. The highest BCUT2D eigenvalue weighted by Crippen LogP contribution is 2.32. The Balaban J connectivity index is 2.01. The molecule has 7 heteroatoms. The maximum Gasteiger partial charge on any atom is 0.330 e. The smallest absolute Gasteiger partial charge is 0.330 e. The molecule has 1 unspecified atom stereocenters. The predicted molar refractivity (Wildman–Crippen MR) is 108 cm³/mol. The summed E-state index contributed by atoms with van der Waals surface area (Å²) in [6.45, 7) is 1.71. The monoisotopic (exact) mass is 379 g/mol. The SMILES string of the molecule is CCC(C(N)=O)n1c(=O)[nH]c2scc(-c3ccc4ccccc4c3)c2c1=O. The van der Waals surface area contributed by atoms with E-state index < -0.39 is 23.2 Å². The first-order chi connectivity index (χ1) is 13.0. The van der Waals surface area contributed by atoms with Crippen LogP contribution in [0.3, 0.4) is 0 Å². The molecule has 0 aliphatic rings. The molecule has 2 heterocycles. The van der Waals surface area contributed by atoms with Crippen molar-refractivity contribution in [2.75, 3.05) is 0 Å². The summed E-state index contributed by atoms with van der Waals surface area (Å²) in [6, 6.07) is 12.9. The van der Waals surface area contributed by atoms with Gasteiger partial charge in [-0.2, -0.15) is 0 Å². The Morgan fingerprint density at radius 3 is 2.63 bits per heavy atom. The van der Waals surface area contributed by atoms with E-state index in [1.165, 1.54) is 11.3 Å². The van der Waals surface area contributed by atoms with Crippen LogP contribution in [-0.4, -0.2) is 15.5 Å². The second-order valence-corrected chi connectivity index (χ2v) is 7.23. The molecule has 1 amide bonds. The highest BCUT2D eigenvalue weighted by molar-refractivity contribution is 7.17. The lowest BCUT2D eigenvalue weighted by Crippen LogP contribution is -2.42. The van der Waals surface area contributed by atoms with Gasteiger partial charge in [-0.3, -0.25) is 14.6 Å². The molecule has 4 rings (SSSR count). The van der Waals surface area contributed by atoms with Crippen LogP contribution in [0.15, 0.2) is 57.4 Å². The summed E-state index contributed by atoms with van der Waals surface area (Å²) in [5.41, 5.74) is 5.89. The van der Waals surface area contributed by atoms with Crippen LogP contribution in [0.2, 0.25) is 0 Å². The first-order valence-electron chi connectivity index (χ1n) is 8.55. The third-order valence-electron chi connectivity index (χ3n) is 4.75. The number of fused-ring (bicyclic) bond motifs is 2. The van der Waals surface area contributed by atoms with E-state index in [0.29, 0.717) is 10.2 Å². The molecule has 0 saturated heterocycles. The van der Waals surface area contributed by atoms with Crippen molar-refractivity contribution in [3.8, 4) is 11.1 Å².